The summed E-state index contributed by atoms with van der Waals surface area (Å²) < 4.78 is 1.04. The van der Waals surface area contributed by atoms with Crippen molar-refractivity contribution >= 4 is 74.5 Å². The van der Waals surface area contributed by atoms with Gasteiger partial charge in [0.15, 0.2) is 4.32 Å². The normalized spacial score (nSPS) is 15.7. The highest BCUT2D eigenvalue weighted by Crippen LogP contribution is 2.34. The van der Waals surface area contributed by atoms with Crippen LogP contribution in [0.4, 0.5) is 5.69 Å². The van der Waals surface area contributed by atoms with Crippen LogP contribution >= 0.6 is 46.6 Å². The fraction of sp³-hybridized carbons (Fsp3) is 0.105. The molecule has 0 bridgehead atoms. The van der Waals surface area contributed by atoms with Gasteiger partial charge in [0, 0.05) is 23.4 Å². The fourth-order valence-corrected chi connectivity index (χ4v) is 4.29. The summed E-state index contributed by atoms with van der Waals surface area (Å²) in [6.45, 7) is 0. The lowest BCUT2D eigenvalue weighted by molar-refractivity contribution is -0.120. The number of carbonyl (C=O) groups is 2. The summed E-state index contributed by atoms with van der Waals surface area (Å²) >= 11 is 8.51. The molecule has 1 fully saturated rings. The molecule has 4 nitrogen and oxygen atoms in total. The number of thioether (sulfide) groups is 1. The van der Waals surface area contributed by atoms with Crippen LogP contribution in [0, 0.1) is 3.57 Å². The van der Waals surface area contributed by atoms with Crippen LogP contribution in [-0.4, -0.2) is 35.1 Å². The molecule has 0 unspecified atom stereocenters. The van der Waals surface area contributed by atoms with Crippen molar-refractivity contribution in [3.8, 4) is 0 Å². The minimum Gasteiger partial charge on any atom is -0.378 e. The monoisotopic (exact) mass is 494 g/mol. The number of hydrogen-bond acceptors (Lipinski definition) is 5. The van der Waals surface area contributed by atoms with Crippen molar-refractivity contribution in [2.24, 2.45) is 0 Å². The molecule has 0 atom stereocenters. The van der Waals surface area contributed by atoms with E-state index in [1.54, 1.807) is 18.2 Å². The lowest BCUT2D eigenvalue weighted by Crippen LogP contribution is -2.35. The van der Waals surface area contributed by atoms with E-state index < -0.39 is 0 Å². The molecule has 0 radical (unpaired) electrons. The zero-order valence-electron chi connectivity index (χ0n) is 14.1. The van der Waals surface area contributed by atoms with Gasteiger partial charge >= 0.3 is 0 Å². The van der Waals surface area contributed by atoms with Gasteiger partial charge in [0.25, 0.3) is 11.8 Å². The van der Waals surface area contributed by atoms with Gasteiger partial charge in [0.1, 0.15) is 0 Å². The number of thiocarbonyl (C=S) groups is 1. The second-order valence-electron chi connectivity index (χ2n) is 5.79. The maximum absolute atomic E-state index is 12.8. The number of amides is 2. The fourth-order valence-electron chi connectivity index (χ4n) is 2.42. The Hall–Kier alpha value is -1.71. The number of rotatable bonds is 3. The first kappa shape index (κ1) is 19.1. The Kier molecular flexibility index (Phi) is 5.79. The minimum atomic E-state index is -0.385. The number of hydrogen-bond donors (Lipinski definition) is 0. The molecule has 1 heterocycles. The molecule has 26 heavy (non-hydrogen) atoms. The van der Waals surface area contributed by atoms with Crippen molar-refractivity contribution in [2.45, 2.75) is 0 Å². The number of imide groups is 1. The van der Waals surface area contributed by atoms with Crippen LogP contribution in [0.25, 0.3) is 6.08 Å². The van der Waals surface area contributed by atoms with E-state index in [0.29, 0.717) is 10.5 Å². The van der Waals surface area contributed by atoms with E-state index in [4.69, 9.17) is 12.2 Å². The lowest BCUT2D eigenvalue weighted by Gasteiger charge is -2.13. The average molecular weight is 494 g/mol. The zero-order valence-corrected chi connectivity index (χ0v) is 17.9. The van der Waals surface area contributed by atoms with Gasteiger partial charge in [-0.15, -0.1) is 0 Å². The summed E-state index contributed by atoms with van der Waals surface area (Å²) in [5.41, 5.74) is 2.43. The molecular formula is C19H15IN2O2S2. The third-order valence-electron chi connectivity index (χ3n) is 3.81. The van der Waals surface area contributed by atoms with Gasteiger partial charge in [0.2, 0.25) is 0 Å². The molecule has 0 aliphatic carbocycles. The molecule has 2 aromatic carbocycles. The maximum atomic E-state index is 12.8. The van der Waals surface area contributed by atoms with Gasteiger partial charge in [0.05, 0.1) is 10.5 Å². The third kappa shape index (κ3) is 3.84. The average Bonchev–Trinajstić information content (AvgIpc) is 2.89. The molecular weight excluding hydrogens is 479 g/mol. The minimum absolute atomic E-state index is 0.260. The van der Waals surface area contributed by atoms with Crippen molar-refractivity contribution < 1.29 is 9.59 Å². The highest BCUT2D eigenvalue weighted by Gasteiger charge is 2.37. The van der Waals surface area contributed by atoms with Gasteiger partial charge < -0.3 is 4.90 Å². The van der Waals surface area contributed by atoms with E-state index in [0.717, 1.165) is 31.5 Å². The van der Waals surface area contributed by atoms with Crippen LogP contribution in [0.5, 0.6) is 0 Å². The number of benzene rings is 2. The number of carbonyl (C=O) groups excluding carboxylic acids is 2. The molecule has 2 amide bonds. The standard InChI is InChI=1S/C19H15IN2O2S2/c1-21(2)13-9-7-12(8-10-13)11-16-18(24)22(19(25)26-16)17(23)14-5-3-4-6-15(14)20/h3-11H,1-2H3/b16-11+. The Bertz CT molecular complexity index is 923. The second-order valence-corrected chi connectivity index (χ2v) is 8.63. The second kappa shape index (κ2) is 7.89. The van der Waals surface area contributed by atoms with Crippen LogP contribution in [0.1, 0.15) is 15.9 Å². The van der Waals surface area contributed by atoms with E-state index in [1.165, 1.54) is 0 Å². The molecule has 1 aliphatic rings. The summed E-state index contributed by atoms with van der Waals surface area (Å²) in [7, 11) is 3.94. The van der Waals surface area contributed by atoms with Crippen LogP contribution in [0.15, 0.2) is 53.4 Å². The van der Waals surface area contributed by atoms with Gasteiger partial charge in [-0.2, -0.15) is 0 Å². The number of anilines is 1. The molecule has 132 valence electrons. The Labute approximate surface area is 175 Å². The molecule has 1 saturated heterocycles. The van der Waals surface area contributed by atoms with E-state index in [-0.39, 0.29) is 16.1 Å². The van der Waals surface area contributed by atoms with Crippen LogP contribution in [0.3, 0.4) is 0 Å². The van der Waals surface area contributed by atoms with Gasteiger partial charge in [-0.25, -0.2) is 4.90 Å². The van der Waals surface area contributed by atoms with E-state index in [9.17, 15) is 9.59 Å². The summed E-state index contributed by atoms with van der Waals surface area (Å²) in [4.78, 5) is 29.0. The van der Waals surface area contributed by atoms with Crippen molar-refractivity contribution in [3.05, 3.63) is 68.1 Å². The van der Waals surface area contributed by atoms with Gasteiger partial charge in [-0.1, -0.05) is 48.2 Å². The molecule has 0 spiro atoms. The molecule has 7 heteroatoms. The summed E-state index contributed by atoms with van der Waals surface area (Å²) in [6.07, 6.45) is 1.77. The number of nitrogens with zero attached hydrogens (tertiary/aromatic N) is 2. The summed E-state index contributed by atoms with van der Waals surface area (Å²) in [6, 6.07) is 15.0. The van der Waals surface area contributed by atoms with Crippen molar-refractivity contribution in [2.75, 3.05) is 19.0 Å². The topological polar surface area (TPSA) is 40.6 Å². The first-order valence-electron chi connectivity index (χ1n) is 7.72. The van der Waals surface area contributed by atoms with E-state index in [2.05, 4.69) is 22.6 Å². The number of halogens is 1. The van der Waals surface area contributed by atoms with Crippen molar-refractivity contribution in [1.29, 1.82) is 0 Å². The largest absolute Gasteiger partial charge is 0.378 e. The predicted molar refractivity (Wildman–Crippen MR) is 119 cm³/mol. The van der Waals surface area contributed by atoms with Crippen LogP contribution < -0.4 is 4.90 Å². The SMILES string of the molecule is CN(C)c1ccc(/C=C2/SC(=S)N(C(=O)c3ccccc3I)C2=O)cc1. The maximum Gasteiger partial charge on any atom is 0.273 e. The highest BCUT2D eigenvalue weighted by atomic mass is 127. The molecule has 0 aromatic heterocycles. The Morgan fingerprint density at radius 1 is 1.15 bits per heavy atom. The third-order valence-corrected chi connectivity index (χ3v) is 6.05. The summed E-state index contributed by atoms with van der Waals surface area (Å²) in [5, 5.41) is 0. The van der Waals surface area contributed by atoms with Gasteiger partial charge in [-0.05, 0) is 58.5 Å². The lowest BCUT2D eigenvalue weighted by atomic mass is 10.1. The molecule has 3 rings (SSSR count). The quantitative estimate of drug-likeness (QED) is 0.274. The highest BCUT2D eigenvalue weighted by molar-refractivity contribution is 14.1. The Balaban J connectivity index is 1.87. The summed E-state index contributed by atoms with van der Waals surface area (Å²) in [5.74, 6) is -0.759. The Morgan fingerprint density at radius 3 is 2.42 bits per heavy atom. The van der Waals surface area contributed by atoms with E-state index >= 15 is 0 Å². The van der Waals surface area contributed by atoms with Crippen LogP contribution in [-0.2, 0) is 4.79 Å². The van der Waals surface area contributed by atoms with Crippen LogP contribution in [0.2, 0.25) is 0 Å². The molecule has 0 N–H and O–H groups in total. The molecule has 2 aromatic rings. The first-order chi connectivity index (χ1) is 12.4. The van der Waals surface area contributed by atoms with E-state index in [1.807, 2.05) is 55.4 Å². The van der Waals surface area contributed by atoms with Gasteiger partial charge in [-0.3, -0.25) is 9.59 Å². The first-order valence-corrected chi connectivity index (χ1v) is 10.0. The zero-order chi connectivity index (χ0) is 18.8. The molecule has 1 aliphatic heterocycles. The Morgan fingerprint density at radius 2 is 1.81 bits per heavy atom. The molecule has 0 saturated carbocycles. The van der Waals surface area contributed by atoms with Crippen molar-refractivity contribution in [1.82, 2.24) is 4.90 Å². The smallest absolute Gasteiger partial charge is 0.273 e. The van der Waals surface area contributed by atoms with Crippen molar-refractivity contribution in [3.63, 3.8) is 0 Å². The predicted octanol–water partition coefficient (Wildman–Crippen LogP) is 4.40.